The predicted octanol–water partition coefficient (Wildman–Crippen LogP) is 5.23. The Morgan fingerprint density at radius 3 is 2.15 bits per heavy atom. The molecule has 0 spiro atoms. The molecule has 0 saturated heterocycles. The first-order valence-corrected chi connectivity index (χ1v) is 14.3. The number of nitrogens with one attached hydrogen (secondary N) is 1. The van der Waals surface area contributed by atoms with E-state index in [0.717, 1.165) is 9.87 Å². The molecular formula is C29H33ClFN3O4S. The Hall–Kier alpha value is -3.43. The van der Waals surface area contributed by atoms with Gasteiger partial charge in [-0.2, -0.15) is 0 Å². The second-order valence-corrected chi connectivity index (χ2v) is 12.0. The molecule has 2 amide bonds. The molecule has 1 unspecified atom stereocenters. The summed E-state index contributed by atoms with van der Waals surface area (Å²) in [7, 11) is -4.21. The van der Waals surface area contributed by atoms with Crippen LogP contribution >= 0.6 is 11.6 Å². The number of amides is 2. The molecule has 0 aliphatic carbocycles. The number of carbonyl (C=O) groups is 2. The third kappa shape index (κ3) is 7.36. The van der Waals surface area contributed by atoms with Crippen LogP contribution in [-0.4, -0.2) is 43.8 Å². The van der Waals surface area contributed by atoms with Gasteiger partial charge in [0.1, 0.15) is 18.4 Å². The molecule has 208 valence electrons. The maximum absolute atomic E-state index is 13.9. The van der Waals surface area contributed by atoms with Crippen molar-refractivity contribution >= 4 is 39.1 Å². The van der Waals surface area contributed by atoms with Crippen molar-refractivity contribution in [2.75, 3.05) is 10.8 Å². The molecule has 0 heterocycles. The third-order valence-corrected chi connectivity index (χ3v) is 8.44. The van der Waals surface area contributed by atoms with Gasteiger partial charge < -0.3 is 10.2 Å². The number of halogens is 2. The second kappa shape index (κ2) is 12.6. The summed E-state index contributed by atoms with van der Waals surface area (Å²) in [5, 5.41) is 3.14. The SMILES string of the molecule is Cc1ccc(S(=O)(=O)N(CC(=O)N(Cc2ccc(F)cc2)C(C)C(=O)NC(C)C)c2cccc(Cl)c2C)cc1. The minimum atomic E-state index is -4.21. The van der Waals surface area contributed by atoms with Crippen LogP contribution in [0.25, 0.3) is 0 Å². The fourth-order valence-electron chi connectivity index (χ4n) is 3.99. The first-order chi connectivity index (χ1) is 18.3. The van der Waals surface area contributed by atoms with Gasteiger partial charge in [-0.3, -0.25) is 13.9 Å². The maximum atomic E-state index is 13.9. The van der Waals surface area contributed by atoms with Gasteiger partial charge in [0.15, 0.2) is 0 Å². The molecule has 0 radical (unpaired) electrons. The van der Waals surface area contributed by atoms with Gasteiger partial charge in [-0.15, -0.1) is 0 Å². The number of anilines is 1. The van der Waals surface area contributed by atoms with Crippen molar-refractivity contribution < 1.29 is 22.4 Å². The van der Waals surface area contributed by atoms with E-state index >= 15 is 0 Å². The van der Waals surface area contributed by atoms with Gasteiger partial charge in [0.2, 0.25) is 11.8 Å². The first kappa shape index (κ1) is 30.1. The fraction of sp³-hybridized carbons (Fsp3) is 0.310. The van der Waals surface area contributed by atoms with Crippen molar-refractivity contribution in [3.05, 3.63) is 94.3 Å². The Kier molecular flexibility index (Phi) is 9.74. The Morgan fingerprint density at radius 1 is 0.949 bits per heavy atom. The maximum Gasteiger partial charge on any atom is 0.264 e. The minimum Gasteiger partial charge on any atom is -0.352 e. The molecule has 0 fully saturated rings. The molecule has 3 aromatic rings. The molecule has 1 atom stereocenters. The summed E-state index contributed by atoms with van der Waals surface area (Å²) in [5.41, 5.74) is 2.20. The van der Waals surface area contributed by atoms with E-state index in [1.807, 2.05) is 6.92 Å². The lowest BCUT2D eigenvalue weighted by atomic mass is 10.1. The van der Waals surface area contributed by atoms with E-state index in [9.17, 15) is 22.4 Å². The average Bonchev–Trinajstić information content (AvgIpc) is 2.88. The zero-order valence-corrected chi connectivity index (χ0v) is 24.2. The molecule has 0 bridgehead atoms. The normalized spacial score (nSPS) is 12.2. The van der Waals surface area contributed by atoms with E-state index < -0.39 is 40.2 Å². The van der Waals surface area contributed by atoms with Gasteiger partial charge in [0, 0.05) is 17.6 Å². The third-order valence-electron chi connectivity index (χ3n) is 6.26. The van der Waals surface area contributed by atoms with Crippen molar-refractivity contribution in [3.8, 4) is 0 Å². The number of hydrogen-bond donors (Lipinski definition) is 1. The van der Waals surface area contributed by atoms with Gasteiger partial charge in [-0.1, -0.05) is 47.5 Å². The molecule has 3 aromatic carbocycles. The van der Waals surface area contributed by atoms with Gasteiger partial charge in [-0.25, -0.2) is 12.8 Å². The average molecular weight is 574 g/mol. The fourth-order valence-corrected chi connectivity index (χ4v) is 5.63. The summed E-state index contributed by atoms with van der Waals surface area (Å²) in [4.78, 5) is 28.1. The Bertz CT molecular complexity index is 1430. The predicted molar refractivity (Wildman–Crippen MR) is 152 cm³/mol. The molecule has 0 aliphatic rings. The zero-order chi connectivity index (χ0) is 28.9. The van der Waals surface area contributed by atoms with Crippen LogP contribution in [0.2, 0.25) is 5.02 Å². The summed E-state index contributed by atoms with van der Waals surface area (Å²) < 4.78 is 42.4. The highest BCUT2D eigenvalue weighted by atomic mass is 35.5. The van der Waals surface area contributed by atoms with Crippen LogP contribution in [0.4, 0.5) is 10.1 Å². The van der Waals surface area contributed by atoms with Crippen LogP contribution in [0.5, 0.6) is 0 Å². The lowest BCUT2D eigenvalue weighted by Gasteiger charge is -2.32. The van der Waals surface area contributed by atoms with E-state index in [2.05, 4.69) is 5.32 Å². The van der Waals surface area contributed by atoms with Gasteiger partial charge in [-0.05, 0) is 82.1 Å². The lowest BCUT2D eigenvalue weighted by molar-refractivity contribution is -0.139. The Labute approximate surface area is 234 Å². The standard InChI is InChI=1S/C29H33ClFN3O4S/c1-19(2)32-29(36)22(5)33(17-23-11-13-24(31)14-12-23)28(35)18-34(27-8-6-7-26(30)21(27)4)39(37,38)25-15-9-20(3)10-16-25/h6-16,19,22H,17-18H2,1-5H3,(H,32,36). The highest BCUT2D eigenvalue weighted by molar-refractivity contribution is 7.92. The van der Waals surface area contributed by atoms with E-state index in [0.29, 0.717) is 16.1 Å². The molecule has 0 aromatic heterocycles. The van der Waals surface area contributed by atoms with Gasteiger partial charge in [0.25, 0.3) is 10.0 Å². The summed E-state index contributed by atoms with van der Waals surface area (Å²) in [5.74, 6) is -1.44. The smallest absolute Gasteiger partial charge is 0.264 e. The minimum absolute atomic E-state index is 0.0101. The largest absolute Gasteiger partial charge is 0.352 e. The summed E-state index contributed by atoms with van der Waals surface area (Å²) in [6, 6.07) is 15.6. The highest BCUT2D eigenvalue weighted by Crippen LogP contribution is 2.31. The van der Waals surface area contributed by atoms with E-state index in [1.165, 1.54) is 41.3 Å². The molecule has 39 heavy (non-hydrogen) atoms. The Balaban J connectivity index is 2.07. The van der Waals surface area contributed by atoms with E-state index in [-0.39, 0.29) is 23.2 Å². The monoisotopic (exact) mass is 573 g/mol. The topological polar surface area (TPSA) is 86.8 Å². The first-order valence-electron chi connectivity index (χ1n) is 12.5. The molecule has 0 saturated carbocycles. The number of benzene rings is 3. The zero-order valence-electron chi connectivity index (χ0n) is 22.6. The van der Waals surface area contributed by atoms with Crippen LogP contribution in [0.1, 0.15) is 37.5 Å². The molecule has 3 rings (SSSR count). The number of nitrogens with zero attached hydrogens (tertiary/aromatic N) is 2. The number of carbonyl (C=O) groups excluding carboxylic acids is 2. The number of rotatable bonds is 10. The van der Waals surface area contributed by atoms with E-state index in [4.69, 9.17) is 11.6 Å². The van der Waals surface area contributed by atoms with Gasteiger partial charge in [0.05, 0.1) is 10.6 Å². The van der Waals surface area contributed by atoms with Crippen molar-refractivity contribution in [1.82, 2.24) is 10.2 Å². The van der Waals surface area contributed by atoms with Crippen LogP contribution in [0, 0.1) is 19.7 Å². The number of hydrogen-bond acceptors (Lipinski definition) is 4. The highest BCUT2D eigenvalue weighted by Gasteiger charge is 2.33. The van der Waals surface area contributed by atoms with Crippen molar-refractivity contribution in [3.63, 3.8) is 0 Å². The summed E-state index contributed by atoms with van der Waals surface area (Å²) in [6.45, 7) is 8.08. The van der Waals surface area contributed by atoms with E-state index in [1.54, 1.807) is 58.0 Å². The van der Waals surface area contributed by atoms with Crippen LogP contribution in [0.3, 0.4) is 0 Å². The van der Waals surface area contributed by atoms with Gasteiger partial charge >= 0.3 is 0 Å². The van der Waals surface area contributed by atoms with Crippen molar-refractivity contribution in [2.24, 2.45) is 0 Å². The van der Waals surface area contributed by atoms with Crippen molar-refractivity contribution in [2.45, 2.75) is 58.1 Å². The van der Waals surface area contributed by atoms with Crippen LogP contribution in [-0.2, 0) is 26.2 Å². The quantitative estimate of drug-likeness (QED) is 0.360. The van der Waals surface area contributed by atoms with Crippen LogP contribution < -0.4 is 9.62 Å². The summed E-state index contributed by atoms with van der Waals surface area (Å²) >= 11 is 6.33. The number of sulfonamides is 1. The summed E-state index contributed by atoms with van der Waals surface area (Å²) in [6.07, 6.45) is 0. The molecule has 7 nitrogen and oxygen atoms in total. The molecule has 1 N–H and O–H groups in total. The number of aryl methyl sites for hydroxylation is 1. The Morgan fingerprint density at radius 2 is 1.56 bits per heavy atom. The van der Waals surface area contributed by atoms with Crippen LogP contribution in [0.15, 0.2) is 71.6 Å². The van der Waals surface area contributed by atoms with Crippen molar-refractivity contribution in [1.29, 1.82) is 0 Å². The molecule has 0 aliphatic heterocycles. The molecule has 10 heteroatoms. The molecular weight excluding hydrogens is 541 g/mol. The lowest BCUT2D eigenvalue weighted by Crippen LogP contribution is -2.52. The second-order valence-electron chi connectivity index (χ2n) is 9.70.